The lowest BCUT2D eigenvalue weighted by Crippen LogP contribution is -1.91. The van der Waals surface area contributed by atoms with E-state index in [9.17, 15) is 0 Å². The van der Waals surface area contributed by atoms with E-state index in [1.165, 1.54) is 22.0 Å². The molecule has 0 aliphatic carbocycles. The summed E-state index contributed by atoms with van der Waals surface area (Å²) in [6.45, 7) is 2.73. The first-order valence-corrected chi connectivity index (χ1v) is 5.14. The summed E-state index contributed by atoms with van der Waals surface area (Å²) in [7, 11) is 2.07. The molecule has 78 valence electrons. The van der Waals surface area contributed by atoms with Gasteiger partial charge < -0.3 is 10.3 Å². The van der Waals surface area contributed by atoms with Crippen molar-refractivity contribution in [3.05, 3.63) is 41.6 Å². The number of nitrogens with zero attached hydrogens (tertiary/aromatic N) is 1. The van der Waals surface area contributed by atoms with Crippen LogP contribution in [0.25, 0.3) is 17.0 Å². The molecule has 15 heavy (non-hydrogen) atoms. The van der Waals surface area contributed by atoms with Crippen molar-refractivity contribution in [3.63, 3.8) is 0 Å². The summed E-state index contributed by atoms with van der Waals surface area (Å²) in [6, 6.07) is 6.48. The van der Waals surface area contributed by atoms with Crippen LogP contribution < -0.4 is 5.73 Å². The van der Waals surface area contributed by atoms with E-state index in [0.29, 0.717) is 6.54 Å². The van der Waals surface area contributed by atoms with Crippen molar-refractivity contribution >= 4 is 17.0 Å². The summed E-state index contributed by atoms with van der Waals surface area (Å²) in [4.78, 5) is 0. The van der Waals surface area contributed by atoms with Gasteiger partial charge in [-0.25, -0.2) is 0 Å². The molecular weight excluding hydrogens is 184 g/mol. The molecule has 0 atom stereocenters. The highest BCUT2D eigenvalue weighted by Gasteiger charge is 2.02. The molecule has 1 aromatic carbocycles. The summed E-state index contributed by atoms with van der Waals surface area (Å²) in [6.07, 6.45) is 6.19. The highest BCUT2D eigenvalue weighted by molar-refractivity contribution is 5.85. The zero-order valence-electron chi connectivity index (χ0n) is 9.20. The maximum Gasteiger partial charge on any atom is 0.0480 e. The Morgan fingerprint density at radius 2 is 2.20 bits per heavy atom. The molecule has 0 aliphatic heterocycles. The molecule has 0 radical (unpaired) electrons. The molecule has 0 fully saturated rings. The van der Waals surface area contributed by atoms with Gasteiger partial charge in [0.05, 0.1) is 0 Å². The van der Waals surface area contributed by atoms with Crippen LogP contribution in [0.4, 0.5) is 0 Å². The second-order valence-corrected chi connectivity index (χ2v) is 3.84. The van der Waals surface area contributed by atoms with E-state index in [4.69, 9.17) is 5.73 Å². The number of aromatic nitrogens is 1. The average Bonchev–Trinajstić information content (AvgIpc) is 2.52. The van der Waals surface area contributed by atoms with Crippen molar-refractivity contribution in [2.45, 2.75) is 6.92 Å². The molecule has 0 unspecified atom stereocenters. The molecule has 0 saturated heterocycles. The van der Waals surface area contributed by atoms with Gasteiger partial charge in [-0.3, -0.25) is 0 Å². The zero-order chi connectivity index (χ0) is 10.8. The van der Waals surface area contributed by atoms with E-state index in [1.54, 1.807) is 0 Å². The van der Waals surface area contributed by atoms with E-state index in [-0.39, 0.29) is 0 Å². The van der Waals surface area contributed by atoms with Gasteiger partial charge >= 0.3 is 0 Å². The number of aryl methyl sites for hydroxylation is 2. The van der Waals surface area contributed by atoms with Crippen LogP contribution in [-0.4, -0.2) is 11.1 Å². The Hall–Kier alpha value is -1.54. The van der Waals surface area contributed by atoms with Gasteiger partial charge in [0.25, 0.3) is 0 Å². The Bertz CT molecular complexity index is 506. The molecule has 0 spiro atoms. The maximum absolute atomic E-state index is 5.43. The third-order valence-corrected chi connectivity index (χ3v) is 2.66. The topological polar surface area (TPSA) is 30.9 Å². The number of hydrogen-bond acceptors (Lipinski definition) is 1. The Morgan fingerprint density at radius 3 is 2.93 bits per heavy atom. The van der Waals surface area contributed by atoms with E-state index < -0.39 is 0 Å². The molecule has 2 aromatic rings. The highest BCUT2D eigenvalue weighted by atomic mass is 14.9. The number of hydrogen-bond donors (Lipinski definition) is 1. The summed E-state index contributed by atoms with van der Waals surface area (Å²) in [5, 5.41) is 1.32. The van der Waals surface area contributed by atoms with Crippen molar-refractivity contribution < 1.29 is 0 Å². The van der Waals surface area contributed by atoms with Crippen LogP contribution in [0.15, 0.2) is 30.5 Å². The average molecular weight is 200 g/mol. The Kier molecular flexibility index (Phi) is 2.60. The fourth-order valence-electron chi connectivity index (χ4n) is 1.91. The van der Waals surface area contributed by atoms with Crippen LogP contribution >= 0.6 is 0 Å². The van der Waals surface area contributed by atoms with Crippen molar-refractivity contribution in [2.24, 2.45) is 12.8 Å². The molecule has 2 rings (SSSR count). The third kappa shape index (κ3) is 1.81. The van der Waals surface area contributed by atoms with Gasteiger partial charge in [0.1, 0.15) is 0 Å². The summed E-state index contributed by atoms with van der Waals surface area (Å²) >= 11 is 0. The molecular formula is C13H16N2. The van der Waals surface area contributed by atoms with Crippen LogP contribution in [0.1, 0.15) is 11.1 Å². The van der Waals surface area contributed by atoms with Crippen molar-refractivity contribution in [3.8, 4) is 0 Å². The van der Waals surface area contributed by atoms with Gasteiger partial charge in [0, 0.05) is 30.7 Å². The molecule has 0 amide bonds. The number of rotatable bonds is 2. The summed E-state index contributed by atoms with van der Waals surface area (Å²) in [5.41, 5.74) is 9.23. The van der Waals surface area contributed by atoms with E-state index in [1.807, 2.05) is 6.08 Å². The maximum atomic E-state index is 5.43. The molecule has 1 heterocycles. The molecule has 0 saturated carbocycles. The minimum absolute atomic E-state index is 0.589. The smallest absolute Gasteiger partial charge is 0.0480 e. The van der Waals surface area contributed by atoms with Crippen molar-refractivity contribution in [1.29, 1.82) is 0 Å². The van der Waals surface area contributed by atoms with Crippen LogP contribution in [0.3, 0.4) is 0 Å². The molecule has 0 aliphatic rings. The van der Waals surface area contributed by atoms with Gasteiger partial charge in [-0.05, 0) is 30.2 Å². The van der Waals surface area contributed by atoms with Crippen molar-refractivity contribution in [1.82, 2.24) is 4.57 Å². The van der Waals surface area contributed by atoms with Crippen LogP contribution in [0.2, 0.25) is 0 Å². The normalized spacial score (nSPS) is 11.7. The predicted molar refractivity (Wildman–Crippen MR) is 65.7 cm³/mol. The van der Waals surface area contributed by atoms with Gasteiger partial charge in [-0.1, -0.05) is 18.2 Å². The lowest BCUT2D eigenvalue weighted by molar-refractivity contribution is 0.964. The largest absolute Gasteiger partial charge is 0.350 e. The molecule has 2 heteroatoms. The van der Waals surface area contributed by atoms with E-state index >= 15 is 0 Å². The second-order valence-electron chi connectivity index (χ2n) is 3.84. The fourth-order valence-corrected chi connectivity index (χ4v) is 1.91. The lowest BCUT2D eigenvalue weighted by Gasteiger charge is -1.98. The number of fused-ring (bicyclic) bond motifs is 1. The number of benzene rings is 1. The molecule has 1 aromatic heterocycles. The monoisotopic (exact) mass is 200 g/mol. The number of nitrogens with two attached hydrogens (primary N) is 1. The minimum Gasteiger partial charge on any atom is -0.350 e. The second kappa shape index (κ2) is 3.91. The van der Waals surface area contributed by atoms with Gasteiger partial charge in [-0.15, -0.1) is 0 Å². The first-order valence-electron chi connectivity index (χ1n) is 5.14. The van der Waals surface area contributed by atoms with Gasteiger partial charge in [0.15, 0.2) is 0 Å². The Morgan fingerprint density at radius 1 is 1.40 bits per heavy atom. The standard InChI is InChI=1S/C13H16N2/c1-10-9-15(2)13-6-5-11(4-3-7-14)8-12(10)13/h3-6,8-9H,7,14H2,1-2H3/b4-3+. The van der Waals surface area contributed by atoms with E-state index in [0.717, 1.165) is 0 Å². The fraction of sp³-hybridized carbons (Fsp3) is 0.231. The van der Waals surface area contributed by atoms with Crippen LogP contribution in [0.5, 0.6) is 0 Å². The SMILES string of the molecule is Cc1cn(C)c2ccc(/C=C/CN)cc12. The van der Waals surface area contributed by atoms with Gasteiger partial charge in [0.2, 0.25) is 0 Å². The predicted octanol–water partition coefficient (Wildman–Crippen LogP) is 2.46. The molecule has 2 nitrogen and oxygen atoms in total. The Labute approximate surface area is 90.0 Å². The van der Waals surface area contributed by atoms with Crippen LogP contribution in [-0.2, 0) is 7.05 Å². The quantitative estimate of drug-likeness (QED) is 0.793. The first-order chi connectivity index (χ1) is 7.22. The highest BCUT2D eigenvalue weighted by Crippen LogP contribution is 2.21. The third-order valence-electron chi connectivity index (χ3n) is 2.66. The molecule has 0 bridgehead atoms. The zero-order valence-corrected chi connectivity index (χ0v) is 9.20. The van der Waals surface area contributed by atoms with Gasteiger partial charge in [-0.2, -0.15) is 0 Å². The first kappa shape index (κ1) is 9.99. The summed E-state index contributed by atoms with van der Waals surface area (Å²) < 4.78 is 2.15. The minimum atomic E-state index is 0.589. The molecule has 2 N–H and O–H groups in total. The summed E-state index contributed by atoms with van der Waals surface area (Å²) in [5.74, 6) is 0. The van der Waals surface area contributed by atoms with E-state index in [2.05, 4.69) is 49.0 Å². The van der Waals surface area contributed by atoms with Crippen LogP contribution in [0, 0.1) is 6.92 Å². The Balaban J connectivity index is 2.55. The lowest BCUT2D eigenvalue weighted by atomic mass is 10.1. The van der Waals surface area contributed by atoms with Crippen molar-refractivity contribution in [2.75, 3.05) is 6.54 Å².